The van der Waals surface area contributed by atoms with Gasteiger partial charge in [0.2, 0.25) is 0 Å². The molecule has 0 aliphatic carbocycles. The van der Waals surface area contributed by atoms with E-state index >= 15 is 0 Å². The van der Waals surface area contributed by atoms with Gasteiger partial charge in [0.15, 0.2) is 0 Å². The molecule has 2 N–H and O–H groups in total. The molecule has 0 unspecified atom stereocenters. The van der Waals surface area contributed by atoms with Crippen molar-refractivity contribution in [1.82, 2.24) is 9.80 Å². The van der Waals surface area contributed by atoms with Gasteiger partial charge in [0.05, 0.1) is 35.3 Å². The van der Waals surface area contributed by atoms with Gasteiger partial charge in [-0.2, -0.15) is 0 Å². The van der Waals surface area contributed by atoms with Crippen molar-refractivity contribution in [1.29, 1.82) is 0 Å². The molecule has 8 nitrogen and oxygen atoms in total. The number of carbonyl (C=O) groups is 2. The van der Waals surface area contributed by atoms with Gasteiger partial charge in [0.25, 0.3) is 11.8 Å². The molecule has 0 radical (unpaired) electrons. The molecule has 0 bridgehead atoms. The van der Waals surface area contributed by atoms with Crippen LogP contribution in [-0.4, -0.2) is 82.5 Å². The Balaban J connectivity index is 0.00000364. The summed E-state index contributed by atoms with van der Waals surface area (Å²) in [7, 11) is 3.25. The van der Waals surface area contributed by atoms with Crippen molar-refractivity contribution in [2.75, 3.05) is 27.2 Å². The first-order valence-corrected chi connectivity index (χ1v) is 8.37. The molecule has 2 amide bonds. The van der Waals surface area contributed by atoms with Crippen molar-refractivity contribution < 1.29 is 36.3 Å². The van der Waals surface area contributed by atoms with E-state index in [-0.39, 0.29) is 64.1 Å². The topological polar surface area (TPSA) is 106 Å². The second-order valence-corrected chi connectivity index (χ2v) is 7.44. The van der Waals surface area contributed by atoms with Crippen molar-refractivity contribution >= 4 is 24.2 Å². The summed E-state index contributed by atoms with van der Waals surface area (Å²) in [6.07, 6.45) is 2.71. The van der Waals surface area contributed by atoms with E-state index in [1.807, 2.05) is 0 Å². The summed E-state index contributed by atoms with van der Waals surface area (Å²) in [5.41, 5.74) is -1.14. The van der Waals surface area contributed by atoms with E-state index in [1.165, 1.54) is 22.2 Å². The molecule has 2 aliphatic heterocycles. The van der Waals surface area contributed by atoms with Gasteiger partial charge in [0.1, 0.15) is 11.5 Å². The van der Waals surface area contributed by atoms with Gasteiger partial charge in [-0.1, -0.05) is 0 Å². The molecule has 2 rings (SSSR count). The molecule has 0 aromatic rings. The van der Waals surface area contributed by atoms with E-state index < -0.39 is 11.1 Å². The summed E-state index contributed by atoms with van der Waals surface area (Å²) < 4.78 is 0. The molecule has 0 aromatic heterocycles. The summed E-state index contributed by atoms with van der Waals surface area (Å²) in [4.78, 5) is 35.4. The molecular weight excluding hydrogens is 395 g/mol. The summed E-state index contributed by atoms with van der Waals surface area (Å²) in [5.74, 6) is -0.573. The fourth-order valence-corrected chi connectivity index (χ4v) is 2.71. The Labute approximate surface area is 169 Å². The molecule has 152 valence electrons. The Kier molecular flexibility index (Phi) is 6.65. The van der Waals surface area contributed by atoms with Gasteiger partial charge < -0.3 is 20.0 Å². The van der Waals surface area contributed by atoms with Gasteiger partial charge in [-0.05, 0) is 27.7 Å². The number of rotatable bonds is 5. The van der Waals surface area contributed by atoms with E-state index in [0.717, 1.165) is 0 Å². The SMILES string of the molecule is CN1C(=O)C(C=NCCN=CC2=C(O)C(C)(C)N(C)C2=O)=C(O)C1(C)C.[Ni]. The summed E-state index contributed by atoms with van der Waals surface area (Å²) in [6.45, 7) is 7.58. The third-order valence-electron chi connectivity index (χ3n) is 5.22. The molecule has 0 fully saturated rings. The van der Waals surface area contributed by atoms with Crippen LogP contribution in [0.1, 0.15) is 27.7 Å². The van der Waals surface area contributed by atoms with Crippen LogP contribution < -0.4 is 0 Å². The monoisotopic (exact) mass is 420 g/mol. The van der Waals surface area contributed by atoms with Crippen LogP contribution in [-0.2, 0) is 26.1 Å². The van der Waals surface area contributed by atoms with E-state index in [9.17, 15) is 19.8 Å². The fourth-order valence-electron chi connectivity index (χ4n) is 2.71. The second-order valence-electron chi connectivity index (χ2n) is 7.44. The molecule has 0 spiro atoms. The maximum atomic E-state index is 12.1. The quantitative estimate of drug-likeness (QED) is 0.396. The van der Waals surface area contributed by atoms with Crippen molar-refractivity contribution in [3.8, 4) is 0 Å². The third kappa shape index (κ3) is 3.79. The summed E-state index contributed by atoms with van der Waals surface area (Å²) in [5, 5.41) is 20.3. The van der Waals surface area contributed by atoms with Crippen molar-refractivity contribution in [3.63, 3.8) is 0 Å². The minimum absolute atomic E-state index is 0. The van der Waals surface area contributed by atoms with Crippen LogP contribution in [0.5, 0.6) is 0 Å². The van der Waals surface area contributed by atoms with Gasteiger partial charge in [-0.3, -0.25) is 19.6 Å². The zero-order valence-corrected chi connectivity index (χ0v) is 17.4. The first-order chi connectivity index (χ1) is 11.9. The number of aliphatic hydroxyl groups is 2. The maximum Gasteiger partial charge on any atom is 0.259 e. The maximum absolute atomic E-state index is 12.1. The smallest absolute Gasteiger partial charge is 0.259 e. The summed E-state index contributed by atoms with van der Waals surface area (Å²) >= 11 is 0. The Hall–Kier alpha value is -2.15. The Morgan fingerprint density at radius 3 is 1.33 bits per heavy atom. The molecular formula is C18H26N4NiO4. The second kappa shape index (κ2) is 7.84. The number of hydrogen-bond acceptors (Lipinski definition) is 6. The van der Waals surface area contributed by atoms with Crippen LogP contribution in [0.4, 0.5) is 0 Å². The van der Waals surface area contributed by atoms with Crippen LogP contribution in [0, 0.1) is 0 Å². The Morgan fingerprint density at radius 1 is 0.815 bits per heavy atom. The van der Waals surface area contributed by atoms with Crippen LogP contribution in [0.25, 0.3) is 0 Å². The van der Waals surface area contributed by atoms with Crippen molar-refractivity contribution in [2.24, 2.45) is 9.98 Å². The predicted octanol–water partition coefficient (Wildman–Crippen LogP) is 1.25. The van der Waals surface area contributed by atoms with Crippen LogP contribution in [0.3, 0.4) is 0 Å². The zero-order valence-electron chi connectivity index (χ0n) is 16.4. The average Bonchev–Trinajstić information content (AvgIpc) is 2.82. The molecule has 9 heteroatoms. The number of nitrogens with zero attached hydrogens (tertiary/aromatic N) is 4. The number of amides is 2. The minimum atomic E-state index is -0.748. The largest absolute Gasteiger partial charge is 0.509 e. The number of likely N-dealkylation sites (N-methyl/N-ethyl adjacent to an activating group) is 2. The minimum Gasteiger partial charge on any atom is -0.509 e. The van der Waals surface area contributed by atoms with Crippen molar-refractivity contribution in [3.05, 3.63) is 22.7 Å². The van der Waals surface area contributed by atoms with Gasteiger partial charge in [-0.15, -0.1) is 0 Å². The molecule has 2 aliphatic rings. The number of hydrogen-bond donors (Lipinski definition) is 2. The van der Waals surface area contributed by atoms with E-state index in [0.29, 0.717) is 0 Å². The Morgan fingerprint density at radius 2 is 1.11 bits per heavy atom. The van der Waals surface area contributed by atoms with Crippen LogP contribution in [0.15, 0.2) is 32.6 Å². The fraction of sp³-hybridized carbons (Fsp3) is 0.556. The third-order valence-corrected chi connectivity index (χ3v) is 5.22. The van der Waals surface area contributed by atoms with Crippen molar-refractivity contribution in [2.45, 2.75) is 38.8 Å². The first-order valence-electron chi connectivity index (χ1n) is 8.37. The molecule has 0 saturated heterocycles. The van der Waals surface area contributed by atoms with Gasteiger partial charge in [-0.25, -0.2) is 0 Å². The van der Waals surface area contributed by atoms with Crippen LogP contribution >= 0.6 is 0 Å². The molecule has 27 heavy (non-hydrogen) atoms. The standard InChI is InChI=1S/C18H26N4O4.Ni/c1-17(2)13(23)11(15(25)21(17)5)9-19-7-8-20-10-12-14(24)18(3,4)22(6)16(12)26;/h9-10,23-24H,7-8H2,1-6H3;. The Bertz CT molecular complexity index is 701. The zero-order chi connectivity index (χ0) is 19.9. The first kappa shape index (κ1) is 22.9. The molecule has 0 aromatic carbocycles. The van der Waals surface area contributed by atoms with E-state index in [1.54, 1.807) is 41.8 Å². The number of aliphatic hydroxyl groups excluding tert-OH is 2. The van der Waals surface area contributed by atoms with E-state index in [2.05, 4.69) is 9.98 Å². The van der Waals surface area contributed by atoms with Gasteiger partial charge >= 0.3 is 0 Å². The predicted molar refractivity (Wildman–Crippen MR) is 99.7 cm³/mol. The number of carbonyl (C=O) groups excluding carboxylic acids is 2. The van der Waals surface area contributed by atoms with E-state index in [4.69, 9.17) is 0 Å². The van der Waals surface area contributed by atoms with Gasteiger partial charge in [0, 0.05) is 43.0 Å². The molecule has 2 heterocycles. The molecule has 0 saturated carbocycles. The van der Waals surface area contributed by atoms with Crippen LogP contribution in [0.2, 0.25) is 0 Å². The number of aliphatic imine (C=N–C) groups is 2. The normalized spacial score (nSPS) is 22.0. The molecule has 0 atom stereocenters. The summed E-state index contributed by atoms with van der Waals surface area (Å²) in [6, 6.07) is 0. The average molecular weight is 421 g/mol.